The molecule has 2 aromatic heterocycles. The van der Waals surface area contributed by atoms with Crippen molar-refractivity contribution in [2.45, 2.75) is 16.7 Å². The molecule has 0 unspecified atom stereocenters. The number of hydrogen-bond donors (Lipinski definition) is 0. The molecule has 0 N–H and O–H groups in total. The Morgan fingerprint density at radius 2 is 2.38 bits per heavy atom. The number of carbonyl (C=O) groups excluding carboxylic acids is 1. The van der Waals surface area contributed by atoms with Crippen molar-refractivity contribution in [2.75, 3.05) is 7.11 Å². The Hall–Kier alpha value is -2.27. The molecule has 0 saturated carbocycles. The summed E-state index contributed by atoms with van der Waals surface area (Å²) in [4.78, 5) is 25.5. The van der Waals surface area contributed by atoms with E-state index in [2.05, 4.69) is 25.2 Å². The lowest BCUT2D eigenvalue weighted by atomic mass is 10.4. The molecule has 0 radical (unpaired) electrons. The Bertz CT molecular complexity index is 693. The van der Waals surface area contributed by atoms with Crippen molar-refractivity contribution in [1.82, 2.24) is 25.2 Å². The lowest BCUT2D eigenvalue weighted by molar-refractivity contribution is -0.388. The molecule has 110 valence electrons. The van der Waals surface area contributed by atoms with Crippen molar-refractivity contribution < 1.29 is 14.5 Å². The normalized spacial score (nSPS) is 10.4. The van der Waals surface area contributed by atoms with Gasteiger partial charge in [-0.2, -0.15) is 0 Å². The fourth-order valence-electron chi connectivity index (χ4n) is 1.27. The molecular weight excluding hydrogens is 324 g/mol. The van der Waals surface area contributed by atoms with Crippen LogP contribution in [0.3, 0.4) is 0 Å². The van der Waals surface area contributed by atoms with E-state index in [1.807, 2.05) is 0 Å². The molecule has 2 aromatic rings. The predicted octanol–water partition coefficient (Wildman–Crippen LogP) is 0.954. The minimum Gasteiger partial charge on any atom is -0.468 e. The van der Waals surface area contributed by atoms with E-state index in [1.165, 1.54) is 19.4 Å². The fraction of sp³-hybridized carbons (Fsp3) is 0.222. The molecule has 0 amide bonds. The highest BCUT2D eigenvalue weighted by Crippen LogP contribution is 2.32. The quantitative estimate of drug-likeness (QED) is 0.447. The second-order valence-corrected chi connectivity index (χ2v) is 4.92. The van der Waals surface area contributed by atoms with Crippen LogP contribution >= 0.6 is 23.4 Å². The van der Waals surface area contributed by atoms with E-state index in [0.717, 1.165) is 16.4 Å². The Morgan fingerprint density at radius 1 is 1.62 bits per heavy atom. The van der Waals surface area contributed by atoms with E-state index in [-0.39, 0.29) is 27.4 Å². The second kappa shape index (κ2) is 6.45. The standard InChI is InChI=1S/C9H7ClN6O4S/c1-20-7(17)4-15-9(12-13-14-15)21-8-6(16(18)19)2-5(10)3-11-8/h2-3H,4H2,1H3. The Labute approximate surface area is 126 Å². The summed E-state index contributed by atoms with van der Waals surface area (Å²) in [6, 6.07) is 1.17. The number of tetrazole rings is 1. The molecule has 0 aliphatic heterocycles. The van der Waals surface area contributed by atoms with E-state index < -0.39 is 10.9 Å². The van der Waals surface area contributed by atoms with Gasteiger partial charge < -0.3 is 4.74 Å². The molecular formula is C9H7ClN6O4S. The number of halogens is 1. The predicted molar refractivity (Wildman–Crippen MR) is 69.9 cm³/mol. The van der Waals surface area contributed by atoms with Gasteiger partial charge in [-0.1, -0.05) is 11.6 Å². The zero-order valence-electron chi connectivity index (χ0n) is 10.5. The minimum absolute atomic E-state index is 0.0605. The van der Waals surface area contributed by atoms with Gasteiger partial charge in [0.2, 0.25) is 5.16 Å². The van der Waals surface area contributed by atoms with E-state index in [0.29, 0.717) is 0 Å². The highest BCUT2D eigenvalue weighted by molar-refractivity contribution is 7.99. The largest absolute Gasteiger partial charge is 0.468 e. The average molecular weight is 331 g/mol. The molecule has 0 aliphatic carbocycles. The number of nitrogens with zero attached hydrogens (tertiary/aromatic N) is 6. The van der Waals surface area contributed by atoms with Crippen molar-refractivity contribution in [2.24, 2.45) is 0 Å². The lowest BCUT2D eigenvalue weighted by Gasteiger charge is -2.03. The highest BCUT2D eigenvalue weighted by Gasteiger charge is 2.21. The summed E-state index contributed by atoms with van der Waals surface area (Å²) in [6.07, 6.45) is 1.27. The number of carbonyl (C=O) groups is 1. The van der Waals surface area contributed by atoms with Crippen LogP contribution in [0, 0.1) is 10.1 Å². The molecule has 2 heterocycles. The molecule has 0 fully saturated rings. The maximum atomic E-state index is 11.2. The van der Waals surface area contributed by atoms with Crippen LogP contribution in [-0.4, -0.2) is 43.2 Å². The fourth-order valence-corrected chi connectivity index (χ4v) is 2.22. The number of hydrogen-bond acceptors (Lipinski definition) is 9. The molecule has 0 atom stereocenters. The maximum absolute atomic E-state index is 11.2. The summed E-state index contributed by atoms with van der Waals surface area (Å²) in [7, 11) is 1.23. The maximum Gasteiger partial charge on any atom is 0.327 e. The van der Waals surface area contributed by atoms with Crippen LogP contribution in [-0.2, 0) is 16.1 Å². The average Bonchev–Trinajstić information content (AvgIpc) is 2.87. The first-order valence-electron chi connectivity index (χ1n) is 5.32. The van der Waals surface area contributed by atoms with Gasteiger partial charge in [0, 0.05) is 12.3 Å². The van der Waals surface area contributed by atoms with Gasteiger partial charge in [0.25, 0.3) is 0 Å². The third-order valence-corrected chi connectivity index (χ3v) is 3.38. The van der Waals surface area contributed by atoms with Crippen molar-refractivity contribution in [3.63, 3.8) is 0 Å². The summed E-state index contributed by atoms with van der Waals surface area (Å²) >= 11 is 6.52. The number of rotatable bonds is 5. The molecule has 0 spiro atoms. The minimum atomic E-state index is -0.615. The summed E-state index contributed by atoms with van der Waals surface area (Å²) in [5.74, 6) is -0.553. The number of aromatic nitrogens is 5. The number of pyridine rings is 1. The number of nitro groups is 1. The van der Waals surface area contributed by atoms with Gasteiger partial charge in [-0.15, -0.1) is 5.10 Å². The van der Waals surface area contributed by atoms with Crippen LogP contribution in [0.15, 0.2) is 22.4 Å². The second-order valence-electron chi connectivity index (χ2n) is 3.53. The van der Waals surface area contributed by atoms with Crippen molar-refractivity contribution in [3.05, 3.63) is 27.4 Å². The van der Waals surface area contributed by atoms with Crippen molar-refractivity contribution in [3.8, 4) is 0 Å². The molecule has 0 bridgehead atoms. The summed E-state index contributed by atoms with van der Waals surface area (Å²) in [6.45, 7) is -0.215. The van der Waals surface area contributed by atoms with Gasteiger partial charge in [0.1, 0.15) is 6.54 Å². The summed E-state index contributed by atoms with van der Waals surface area (Å²) < 4.78 is 5.65. The van der Waals surface area contributed by atoms with Gasteiger partial charge in [0.15, 0.2) is 5.03 Å². The van der Waals surface area contributed by atoms with Crippen LogP contribution in [0.1, 0.15) is 0 Å². The smallest absolute Gasteiger partial charge is 0.327 e. The number of methoxy groups -OCH3 is 1. The lowest BCUT2D eigenvalue weighted by Crippen LogP contribution is -2.13. The van der Waals surface area contributed by atoms with Gasteiger partial charge in [-0.3, -0.25) is 14.9 Å². The first kappa shape index (κ1) is 15.1. The topological polar surface area (TPSA) is 126 Å². The molecule has 2 rings (SSSR count). The van der Waals surface area contributed by atoms with Crippen LogP contribution in [0.2, 0.25) is 5.02 Å². The van der Waals surface area contributed by atoms with Crippen LogP contribution in [0.5, 0.6) is 0 Å². The van der Waals surface area contributed by atoms with Gasteiger partial charge in [-0.05, 0) is 22.2 Å². The van der Waals surface area contributed by atoms with E-state index in [4.69, 9.17) is 11.6 Å². The SMILES string of the molecule is COC(=O)Cn1nnnc1Sc1ncc(Cl)cc1[N+](=O)[O-]. The monoisotopic (exact) mass is 330 g/mol. The van der Waals surface area contributed by atoms with Crippen LogP contribution in [0.25, 0.3) is 0 Å². The molecule has 21 heavy (non-hydrogen) atoms. The van der Waals surface area contributed by atoms with Crippen LogP contribution < -0.4 is 0 Å². The number of ether oxygens (including phenoxy) is 1. The zero-order chi connectivity index (χ0) is 15.4. The first-order valence-corrected chi connectivity index (χ1v) is 6.51. The van der Waals surface area contributed by atoms with E-state index >= 15 is 0 Å². The molecule has 0 saturated heterocycles. The van der Waals surface area contributed by atoms with Gasteiger partial charge in [-0.25, -0.2) is 9.67 Å². The Morgan fingerprint density at radius 3 is 3.05 bits per heavy atom. The van der Waals surface area contributed by atoms with Gasteiger partial charge in [0.05, 0.1) is 17.1 Å². The molecule has 12 heteroatoms. The van der Waals surface area contributed by atoms with Crippen molar-refractivity contribution in [1.29, 1.82) is 0 Å². The zero-order valence-corrected chi connectivity index (χ0v) is 12.0. The van der Waals surface area contributed by atoms with Crippen LogP contribution in [0.4, 0.5) is 5.69 Å². The third kappa shape index (κ3) is 3.64. The molecule has 10 nitrogen and oxygen atoms in total. The van der Waals surface area contributed by atoms with E-state index in [9.17, 15) is 14.9 Å². The Balaban J connectivity index is 2.29. The third-order valence-electron chi connectivity index (χ3n) is 2.19. The van der Waals surface area contributed by atoms with Gasteiger partial charge >= 0.3 is 11.7 Å². The molecule has 0 aliphatic rings. The number of esters is 1. The first-order chi connectivity index (χ1) is 10.0. The Kier molecular flexibility index (Phi) is 4.65. The molecule has 0 aromatic carbocycles. The summed E-state index contributed by atoms with van der Waals surface area (Å²) in [5, 5.41) is 22.0. The van der Waals surface area contributed by atoms with E-state index in [1.54, 1.807) is 0 Å². The summed E-state index contributed by atoms with van der Waals surface area (Å²) in [5.41, 5.74) is -0.278. The highest BCUT2D eigenvalue weighted by atomic mass is 35.5. The van der Waals surface area contributed by atoms with Crippen molar-refractivity contribution >= 4 is 35.0 Å².